The van der Waals surface area contributed by atoms with E-state index in [-0.39, 0.29) is 6.10 Å². The zero-order valence-electron chi connectivity index (χ0n) is 9.60. The van der Waals surface area contributed by atoms with E-state index in [0.29, 0.717) is 25.5 Å². The number of aliphatic hydroxyl groups is 1. The molecule has 1 aliphatic heterocycles. The highest BCUT2D eigenvalue weighted by Gasteiger charge is 2.39. The number of aromatic nitrogens is 2. The van der Waals surface area contributed by atoms with E-state index in [1.54, 1.807) is 6.20 Å². The van der Waals surface area contributed by atoms with Gasteiger partial charge in [-0.3, -0.25) is 0 Å². The van der Waals surface area contributed by atoms with Crippen molar-refractivity contribution in [2.45, 2.75) is 32.0 Å². The second-order valence-corrected chi connectivity index (χ2v) is 4.24. The third kappa shape index (κ3) is 2.31. The minimum Gasteiger partial charge on any atom is -0.385 e. The Bertz CT molecular complexity index is 372. The molecule has 1 saturated heterocycles. The Hall–Kier alpha value is -1.20. The minimum atomic E-state index is -0.812. The largest absolute Gasteiger partial charge is 0.385 e. The first kappa shape index (κ1) is 11.3. The number of ether oxygens (including phenoxy) is 1. The molecule has 0 amide bonds. The second kappa shape index (κ2) is 4.35. The number of nitrogens with one attached hydrogen (secondary N) is 1. The number of hydrogen-bond acceptors (Lipinski definition) is 5. The molecule has 1 aromatic rings. The van der Waals surface area contributed by atoms with Gasteiger partial charge in [0.15, 0.2) is 0 Å². The quantitative estimate of drug-likeness (QED) is 0.791. The third-order valence-corrected chi connectivity index (χ3v) is 3.01. The molecule has 16 heavy (non-hydrogen) atoms. The number of rotatable bonds is 3. The average Bonchev–Trinajstić information content (AvgIpc) is 2.58. The lowest BCUT2D eigenvalue weighted by atomic mass is 9.97. The highest BCUT2D eigenvalue weighted by molar-refractivity contribution is 5.25. The second-order valence-electron chi connectivity index (χ2n) is 4.24. The van der Waals surface area contributed by atoms with E-state index in [9.17, 15) is 5.11 Å². The molecule has 5 nitrogen and oxygen atoms in total. The molecule has 0 spiro atoms. The van der Waals surface area contributed by atoms with Crippen LogP contribution in [0.2, 0.25) is 0 Å². The van der Waals surface area contributed by atoms with Crippen molar-refractivity contribution in [2.24, 2.45) is 0 Å². The van der Waals surface area contributed by atoms with E-state index in [2.05, 4.69) is 15.3 Å². The maximum atomic E-state index is 10.2. The van der Waals surface area contributed by atoms with Gasteiger partial charge in [-0.2, -0.15) is 0 Å². The standard InChI is InChI=1S/C11H17N3O2/c1-8-3-5-12-10(14-8)13-7-11(15)4-6-16-9(11)2/h3,5,9,15H,4,6-7H2,1-2H3,(H,12,13,14). The predicted molar refractivity (Wildman–Crippen MR) is 60.2 cm³/mol. The van der Waals surface area contributed by atoms with Crippen LogP contribution in [0.25, 0.3) is 0 Å². The summed E-state index contributed by atoms with van der Waals surface area (Å²) < 4.78 is 5.35. The van der Waals surface area contributed by atoms with E-state index in [4.69, 9.17) is 4.74 Å². The molecule has 2 N–H and O–H groups in total. The summed E-state index contributed by atoms with van der Waals surface area (Å²) in [5.41, 5.74) is 0.0906. The number of hydrogen-bond donors (Lipinski definition) is 2. The van der Waals surface area contributed by atoms with E-state index in [1.807, 2.05) is 19.9 Å². The van der Waals surface area contributed by atoms with Crippen molar-refractivity contribution in [2.75, 3.05) is 18.5 Å². The molecule has 2 heterocycles. The van der Waals surface area contributed by atoms with Crippen LogP contribution in [0.15, 0.2) is 12.3 Å². The Balaban J connectivity index is 1.97. The molecule has 1 aliphatic rings. The van der Waals surface area contributed by atoms with E-state index in [1.165, 1.54) is 0 Å². The normalized spacial score (nSPS) is 29.3. The van der Waals surface area contributed by atoms with Crippen molar-refractivity contribution in [3.8, 4) is 0 Å². The molecular formula is C11H17N3O2. The smallest absolute Gasteiger partial charge is 0.222 e. The SMILES string of the molecule is Cc1ccnc(NCC2(O)CCOC2C)n1. The number of nitrogens with zero attached hydrogens (tertiary/aromatic N) is 2. The van der Waals surface area contributed by atoms with Crippen molar-refractivity contribution in [3.05, 3.63) is 18.0 Å². The molecule has 0 saturated carbocycles. The molecule has 1 aromatic heterocycles. The van der Waals surface area contributed by atoms with Crippen LogP contribution in [0.3, 0.4) is 0 Å². The van der Waals surface area contributed by atoms with Crippen LogP contribution >= 0.6 is 0 Å². The van der Waals surface area contributed by atoms with Gasteiger partial charge in [-0.15, -0.1) is 0 Å². The molecule has 88 valence electrons. The summed E-state index contributed by atoms with van der Waals surface area (Å²) in [5.74, 6) is 0.549. The Labute approximate surface area is 94.9 Å². The zero-order chi connectivity index (χ0) is 11.6. The van der Waals surface area contributed by atoms with Gasteiger partial charge in [0.25, 0.3) is 0 Å². The van der Waals surface area contributed by atoms with Crippen LogP contribution in [0.4, 0.5) is 5.95 Å². The van der Waals surface area contributed by atoms with Crippen molar-refractivity contribution in [3.63, 3.8) is 0 Å². The van der Waals surface area contributed by atoms with Crippen molar-refractivity contribution in [1.82, 2.24) is 9.97 Å². The fraction of sp³-hybridized carbons (Fsp3) is 0.636. The first-order valence-corrected chi connectivity index (χ1v) is 5.48. The van der Waals surface area contributed by atoms with Gasteiger partial charge in [0, 0.05) is 31.5 Å². The molecular weight excluding hydrogens is 206 g/mol. The van der Waals surface area contributed by atoms with Crippen LogP contribution in [-0.2, 0) is 4.74 Å². The Kier molecular flexibility index (Phi) is 3.07. The van der Waals surface area contributed by atoms with Gasteiger partial charge in [-0.25, -0.2) is 9.97 Å². The molecule has 5 heteroatoms. The maximum absolute atomic E-state index is 10.2. The van der Waals surface area contributed by atoms with E-state index >= 15 is 0 Å². The van der Waals surface area contributed by atoms with Gasteiger partial charge >= 0.3 is 0 Å². The summed E-state index contributed by atoms with van der Waals surface area (Å²) in [6.07, 6.45) is 2.20. The van der Waals surface area contributed by atoms with Crippen LogP contribution in [0.1, 0.15) is 19.0 Å². The number of anilines is 1. The average molecular weight is 223 g/mol. The Morgan fingerprint density at radius 2 is 2.50 bits per heavy atom. The monoisotopic (exact) mass is 223 g/mol. The maximum Gasteiger partial charge on any atom is 0.222 e. The van der Waals surface area contributed by atoms with Gasteiger partial charge in [0.1, 0.15) is 5.60 Å². The fourth-order valence-corrected chi connectivity index (χ4v) is 1.77. The van der Waals surface area contributed by atoms with Gasteiger partial charge in [0.2, 0.25) is 5.95 Å². The van der Waals surface area contributed by atoms with Crippen LogP contribution in [0, 0.1) is 6.92 Å². The summed E-state index contributed by atoms with van der Waals surface area (Å²) >= 11 is 0. The summed E-state index contributed by atoms with van der Waals surface area (Å²) in [4.78, 5) is 8.30. The molecule has 1 fully saturated rings. The zero-order valence-corrected chi connectivity index (χ0v) is 9.60. The molecule has 2 atom stereocenters. The Morgan fingerprint density at radius 3 is 3.12 bits per heavy atom. The summed E-state index contributed by atoms with van der Waals surface area (Å²) in [6, 6.07) is 1.83. The topological polar surface area (TPSA) is 67.3 Å². The molecule has 0 aromatic carbocycles. The van der Waals surface area contributed by atoms with Crippen molar-refractivity contribution < 1.29 is 9.84 Å². The van der Waals surface area contributed by atoms with Gasteiger partial charge < -0.3 is 15.2 Å². The lowest BCUT2D eigenvalue weighted by Crippen LogP contribution is -2.43. The summed E-state index contributed by atoms with van der Waals surface area (Å²) in [6.45, 7) is 4.81. The van der Waals surface area contributed by atoms with Crippen molar-refractivity contribution >= 4 is 5.95 Å². The fourth-order valence-electron chi connectivity index (χ4n) is 1.77. The molecule has 2 rings (SSSR count). The van der Waals surface area contributed by atoms with Crippen LogP contribution < -0.4 is 5.32 Å². The number of aryl methyl sites for hydroxylation is 1. The van der Waals surface area contributed by atoms with Crippen molar-refractivity contribution in [1.29, 1.82) is 0 Å². The highest BCUT2D eigenvalue weighted by atomic mass is 16.5. The molecule has 0 bridgehead atoms. The highest BCUT2D eigenvalue weighted by Crippen LogP contribution is 2.25. The van der Waals surface area contributed by atoms with Gasteiger partial charge in [0.05, 0.1) is 6.10 Å². The first-order chi connectivity index (χ1) is 7.60. The van der Waals surface area contributed by atoms with Gasteiger partial charge in [-0.05, 0) is 19.9 Å². The lowest BCUT2D eigenvalue weighted by Gasteiger charge is -2.26. The third-order valence-electron chi connectivity index (χ3n) is 3.01. The summed E-state index contributed by atoms with van der Waals surface area (Å²) in [7, 11) is 0. The van der Waals surface area contributed by atoms with Crippen LogP contribution in [0.5, 0.6) is 0 Å². The minimum absolute atomic E-state index is 0.148. The van der Waals surface area contributed by atoms with E-state index in [0.717, 1.165) is 5.69 Å². The predicted octanol–water partition coefficient (Wildman–Crippen LogP) is 0.737. The Morgan fingerprint density at radius 1 is 1.69 bits per heavy atom. The summed E-state index contributed by atoms with van der Waals surface area (Å²) in [5, 5.41) is 13.3. The molecule has 2 unspecified atom stereocenters. The van der Waals surface area contributed by atoms with Crippen LogP contribution in [-0.4, -0.2) is 39.9 Å². The molecule has 0 aliphatic carbocycles. The first-order valence-electron chi connectivity index (χ1n) is 5.48. The lowest BCUT2D eigenvalue weighted by molar-refractivity contribution is -0.0176. The molecule has 0 radical (unpaired) electrons. The van der Waals surface area contributed by atoms with Gasteiger partial charge in [-0.1, -0.05) is 0 Å². The van der Waals surface area contributed by atoms with E-state index < -0.39 is 5.60 Å².